The summed E-state index contributed by atoms with van der Waals surface area (Å²) >= 11 is 11.2. The molecule has 0 atom stereocenters. The zero-order valence-electron chi connectivity index (χ0n) is 12.6. The van der Waals surface area contributed by atoms with E-state index in [-0.39, 0.29) is 5.82 Å². The largest absolute Gasteiger partial charge is 0.418 e. The van der Waals surface area contributed by atoms with E-state index in [0.29, 0.717) is 18.3 Å². The average molecular weight is 436 g/mol. The molecule has 2 rings (SSSR count). The highest BCUT2D eigenvalue weighted by Crippen LogP contribution is 2.44. The third kappa shape index (κ3) is 4.34. The standard InChI is InChI=1S/C13H6Cl2F6N4O2/c14-6-1-4(12(16,17)18)3-23-11(6)24-9-7(22)2-5(13(19,20)21)8(15)10(9)25(26)27/h1-3H,22H2,(H,23,24)/p+1. The van der Waals surface area contributed by atoms with Crippen LogP contribution in [0.15, 0.2) is 18.3 Å². The Balaban J connectivity index is 2.60. The first-order chi connectivity index (χ1) is 12.2. The van der Waals surface area contributed by atoms with E-state index in [4.69, 9.17) is 28.9 Å². The van der Waals surface area contributed by atoms with E-state index in [1.54, 1.807) is 0 Å². The summed E-state index contributed by atoms with van der Waals surface area (Å²) in [6.45, 7) is 0. The lowest BCUT2D eigenvalue weighted by Crippen LogP contribution is -2.72. The predicted octanol–water partition coefficient (Wildman–Crippen LogP) is 4.44. The zero-order chi connectivity index (χ0) is 20.7. The van der Waals surface area contributed by atoms with Crippen LogP contribution in [0.25, 0.3) is 0 Å². The number of benzene rings is 1. The lowest BCUT2D eigenvalue weighted by atomic mass is 10.1. The molecule has 146 valence electrons. The molecule has 0 saturated heterocycles. The summed E-state index contributed by atoms with van der Waals surface area (Å²) in [6.07, 6.45) is -9.35. The van der Waals surface area contributed by atoms with Gasteiger partial charge in [0.2, 0.25) is 11.5 Å². The van der Waals surface area contributed by atoms with Gasteiger partial charge in [0.05, 0.1) is 16.1 Å². The monoisotopic (exact) mass is 435 g/mol. The number of anilines is 1. The van der Waals surface area contributed by atoms with Crippen molar-refractivity contribution in [3.8, 4) is 0 Å². The molecule has 0 amide bonds. The van der Waals surface area contributed by atoms with Crippen LogP contribution in [0.5, 0.6) is 0 Å². The number of hydrogen-bond acceptors (Lipinski definition) is 4. The maximum atomic E-state index is 12.9. The van der Waals surface area contributed by atoms with Crippen molar-refractivity contribution in [1.82, 2.24) is 4.98 Å². The molecule has 6 nitrogen and oxygen atoms in total. The number of alkyl halides is 6. The molecular formula is C13H7Cl2F6N4O2+. The Morgan fingerprint density at radius 1 is 1.11 bits per heavy atom. The Morgan fingerprint density at radius 3 is 2.15 bits per heavy atom. The SMILES string of the molecule is Nc1cc(C(F)(F)F)c(Cl)c([N+](=O)[O-])c1[NH2+]c1ncc(C(F)(F)F)cc1Cl. The van der Waals surface area contributed by atoms with Gasteiger partial charge in [-0.05, 0) is 12.1 Å². The predicted molar refractivity (Wildman–Crippen MR) is 83.0 cm³/mol. The molecule has 0 fully saturated rings. The van der Waals surface area contributed by atoms with E-state index in [1.165, 1.54) is 0 Å². The number of halogens is 8. The van der Waals surface area contributed by atoms with Crippen LogP contribution in [0, 0.1) is 10.1 Å². The Bertz CT molecular complexity index is 917. The van der Waals surface area contributed by atoms with Gasteiger partial charge in [-0.3, -0.25) is 15.4 Å². The molecule has 1 aromatic heterocycles. The summed E-state index contributed by atoms with van der Waals surface area (Å²) in [5.41, 5.74) is 0.324. The minimum absolute atomic E-state index is 0.374. The van der Waals surface area contributed by atoms with Gasteiger partial charge in [0.25, 0.3) is 0 Å². The van der Waals surface area contributed by atoms with Crippen LogP contribution in [0.3, 0.4) is 0 Å². The van der Waals surface area contributed by atoms with Gasteiger partial charge in [0, 0.05) is 6.20 Å². The highest BCUT2D eigenvalue weighted by Gasteiger charge is 2.41. The van der Waals surface area contributed by atoms with Crippen molar-refractivity contribution >= 4 is 46.1 Å². The van der Waals surface area contributed by atoms with Gasteiger partial charge in [0.1, 0.15) is 15.7 Å². The molecule has 14 heteroatoms. The molecule has 0 bridgehead atoms. The topological polar surface area (TPSA) is 98.7 Å². The zero-order valence-corrected chi connectivity index (χ0v) is 14.1. The number of nitrogens with two attached hydrogens (primary N) is 2. The third-order valence-electron chi connectivity index (χ3n) is 3.28. The Hall–Kier alpha value is -2.31. The van der Waals surface area contributed by atoms with Gasteiger partial charge in [-0.1, -0.05) is 23.2 Å². The smallest absolute Gasteiger partial charge is 0.394 e. The molecule has 0 radical (unpaired) electrons. The number of aromatic nitrogens is 1. The van der Waals surface area contributed by atoms with Crippen molar-refractivity contribution in [3.05, 3.63) is 49.6 Å². The van der Waals surface area contributed by atoms with Crippen LogP contribution in [-0.4, -0.2) is 9.91 Å². The van der Waals surface area contributed by atoms with E-state index in [2.05, 4.69) is 4.98 Å². The second kappa shape index (κ2) is 7.02. The summed E-state index contributed by atoms with van der Waals surface area (Å²) < 4.78 is 76.7. The number of quaternary nitrogens is 1. The molecule has 0 aliphatic carbocycles. The molecule has 0 aliphatic rings. The average Bonchev–Trinajstić information content (AvgIpc) is 2.49. The van der Waals surface area contributed by atoms with Gasteiger partial charge in [-0.25, -0.2) is 4.98 Å². The third-order valence-corrected chi connectivity index (χ3v) is 3.96. The summed E-state index contributed by atoms with van der Waals surface area (Å²) in [7, 11) is 0. The molecular weight excluding hydrogens is 429 g/mol. The van der Waals surface area contributed by atoms with Crippen LogP contribution in [-0.2, 0) is 12.4 Å². The fourth-order valence-electron chi connectivity index (χ4n) is 2.06. The van der Waals surface area contributed by atoms with Crippen LogP contribution >= 0.6 is 23.2 Å². The maximum absolute atomic E-state index is 12.9. The van der Waals surface area contributed by atoms with Crippen LogP contribution < -0.4 is 11.1 Å². The summed E-state index contributed by atoms with van der Waals surface area (Å²) in [5, 5.41) is 10.2. The molecule has 2 aromatic rings. The second-order valence-corrected chi connectivity index (χ2v) is 5.86. The van der Waals surface area contributed by atoms with E-state index in [1.807, 2.05) is 0 Å². The molecule has 27 heavy (non-hydrogen) atoms. The molecule has 4 N–H and O–H groups in total. The van der Waals surface area contributed by atoms with Crippen molar-refractivity contribution in [2.75, 3.05) is 5.73 Å². The van der Waals surface area contributed by atoms with E-state index < -0.39 is 55.5 Å². The molecule has 0 unspecified atom stereocenters. The van der Waals surface area contributed by atoms with Gasteiger partial charge in [-0.2, -0.15) is 26.3 Å². The van der Waals surface area contributed by atoms with E-state index >= 15 is 0 Å². The Morgan fingerprint density at radius 2 is 1.70 bits per heavy atom. The highest BCUT2D eigenvalue weighted by atomic mass is 35.5. The first-order valence-corrected chi connectivity index (χ1v) is 7.40. The molecule has 0 saturated carbocycles. The molecule has 0 spiro atoms. The number of rotatable bonds is 3. The number of nitrogen functional groups attached to an aromatic ring is 1. The van der Waals surface area contributed by atoms with Crippen LogP contribution in [0.4, 0.5) is 49.2 Å². The molecule has 1 heterocycles. The Labute approximate surface area is 156 Å². The summed E-state index contributed by atoms with van der Waals surface area (Å²) in [4.78, 5) is 13.4. The van der Waals surface area contributed by atoms with Crippen molar-refractivity contribution in [3.63, 3.8) is 0 Å². The summed E-state index contributed by atoms with van der Waals surface area (Å²) in [6, 6.07) is 0.882. The summed E-state index contributed by atoms with van der Waals surface area (Å²) in [5.74, 6) is -0.379. The minimum atomic E-state index is -5.02. The molecule has 1 aromatic carbocycles. The fourth-order valence-corrected chi connectivity index (χ4v) is 2.62. The first kappa shape index (κ1) is 21.0. The van der Waals surface area contributed by atoms with Crippen LogP contribution in [0.2, 0.25) is 10.0 Å². The number of nitrogens with zero attached hydrogens (tertiary/aromatic N) is 2. The number of nitro groups is 1. The van der Waals surface area contributed by atoms with Gasteiger partial charge >= 0.3 is 18.0 Å². The van der Waals surface area contributed by atoms with E-state index in [0.717, 1.165) is 5.32 Å². The van der Waals surface area contributed by atoms with Crippen molar-refractivity contribution in [2.24, 2.45) is 0 Å². The quantitative estimate of drug-likeness (QED) is 0.322. The fraction of sp³-hybridized carbons (Fsp3) is 0.154. The first-order valence-electron chi connectivity index (χ1n) is 6.64. The molecule has 0 aliphatic heterocycles. The number of nitro benzene ring substituents is 1. The Kier molecular flexibility index (Phi) is 5.46. The van der Waals surface area contributed by atoms with Crippen molar-refractivity contribution in [1.29, 1.82) is 0 Å². The van der Waals surface area contributed by atoms with E-state index in [9.17, 15) is 36.5 Å². The highest BCUT2D eigenvalue weighted by molar-refractivity contribution is 6.34. The maximum Gasteiger partial charge on any atom is 0.418 e. The van der Waals surface area contributed by atoms with Crippen LogP contribution in [0.1, 0.15) is 11.1 Å². The van der Waals surface area contributed by atoms with Gasteiger partial charge < -0.3 is 5.73 Å². The van der Waals surface area contributed by atoms with Crippen molar-refractivity contribution < 1.29 is 36.6 Å². The van der Waals surface area contributed by atoms with Gasteiger partial charge in [0.15, 0.2) is 0 Å². The normalized spacial score (nSPS) is 12.3. The lowest BCUT2D eigenvalue weighted by molar-refractivity contribution is -0.493. The second-order valence-electron chi connectivity index (χ2n) is 5.08. The number of hydrogen-bond donors (Lipinski definition) is 2. The lowest BCUT2D eigenvalue weighted by Gasteiger charge is -2.13. The minimum Gasteiger partial charge on any atom is -0.394 e. The number of pyridine rings is 1. The van der Waals surface area contributed by atoms with Gasteiger partial charge in [-0.15, -0.1) is 0 Å². The van der Waals surface area contributed by atoms with Crippen molar-refractivity contribution in [2.45, 2.75) is 12.4 Å².